The number of rotatable bonds is 6. The van der Waals surface area contributed by atoms with Gasteiger partial charge in [0, 0.05) is 18.4 Å². The van der Waals surface area contributed by atoms with E-state index in [0.29, 0.717) is 30.8 Å². The van der Waals surface area contributed by atoms with Gasteiger partial charge in [-0.2, -0.15) is 0 Å². The molecule has 1 fully saturated rings. The first-order valence-electron chi connectivity index (χ1n) is 10.1. The van der Waals surface area contributed by atoms with Gasteiger partial charge in [0.2, 0.25) is 0 Å². The standard InChI is InChI=1S/C22H32O5/c1-11(2)18(24)7-6-12(3)20-17-10-26-22(25)21(17)16-9-15(16)13(4)8-19(20)27-14(5)23/h12-13,15-16,18-20,24H,1,6-10H2,2-5H3/t12-,13-,15+,16+,18?,19?,20+/m0/s1. The summed E-state index contributed by atoms with van der Waals surface area (Å²) in [5.74, 6) is 0.831. The average Bonchev–Trinajstić information content (AvgIpc) is 3.27. The summed E-state index contributed by atoms with van der Waals surface area (Å²) in [6.45, 7) is 11.7. The van der Waals surface area contributed by atoms with E-state index in [1.807, 2.05) is 6.92 Å². The van der Waals surface area contributed by atoms with Crippen LogP contribution >= 0.6 is 0 Å². The van der Waals surface area contributed by atoms with Crippen molar-refractivity contribution in [2.24, 2.45) is 29.6 Å². The second kappa shape index (κ2) is 7.78. The molecule has 5 heteroatoms. The highest BCUT2D eigenvalue weighted by molar-refractivity contribution is 5.93. The lowest BCUT2D eigenvalue weighted by Gasteiger charge is -2.35. The van der Waals surface area contributed by atoms with Crippen molar-refractivity contribution >= 4 is 11.9 Å². The molecule has 1 heterocycles. The van der Waals surface area contributed by atoms with Crippen LogP contribution in [-0.2, 0) is 19.1 Å². The SMILES string of the molecule is C=C(C)C(O)CC[C@H](C)[C@@H]1C2=C(C(=O)OC2)[C@@H]2C[C@@H]2[C@@H](C)CC1OC(C)=O. The highest BCUT2D eigenvalue weighted by Crippen LogP contribution is 2.56. The molecule has 7 atom stereocenters. The lowest BCUT2D eigenvalue weighted by Crippen LogP contribution is -2.36. The van der Waals surface area contributed by atoms with Crippen molar-refractivity contribution < 1.29 is 24.2 Å². The molecule has 3 rings (SSSR count). The number of hydrogen-bond donors (Lipinski definition) is 1. The van der Waals surface area contributed by atoms with E-state index in [1.165, 1.54) is 6.92 Å². The van der Waals surface area contributed by atoms with Crippen LogP contribution in [0, 0.1) is 29.6 Å². The largest absolute Gasteiger partial charge is 0.462 e. The number of aliphatic hydroxyl groups excluding tert-OH is 1. The van der Waals surface area contributed by atoms with Gasteiger partial charge in [0.25, 0.3) is 0 Å². The Balaban J connectivity index is 1.91. The van der Waals surface area contributed by atoms with Crippen LogP contribution in [0.25, 0.3) is 0 Å². The number of cyclic esters (lactones) is 1. The van der Waals surface area contributed by atoms with Crippen molar-refractivity contribution in [1.29, 1.82) is 0 Å². The third-order valence-electron chi connectivity index (χ3n) is 6.67. The molecule has 0 bridgehead atoms. The minimum atomic E-state index is -0.533. The van der Waals surface area contributed by atoms with Crippen LogP contribution in [0.3, 0.4) is 0 Å². The van der Waals surface area contributed by atoms with Crippen molar-refractivity contribution in [3.8, 4) is 0 Å². The number of esters is 2. The first kappa shape index (κ1) is 20.1. The lowest BCUT2D eigenvalue weighted by atomic mass is 9.73. The number of hydrogen-bond acceptors (Lipinski definition) is 5. The molecule has 150 valence electrons. The Labute approximate surface area is 161 Å². The molecule has 0 saturated heterocycles. The number of fused-ring (bicyclic) bond motifs is 2. The van der Waals surface area contributed by atoms with Crippen LogP contribution in [0.15, 0.2) is 23.3 Å². The van der Waals surface area contributed by atoms with Gasteiger partial charge in [0.1, 0.15) is 12.7 Å². The van der Waals surface area contributed by atoms with Crippen LogP contribution in [0.2, 0.25) is 0 Å². The minimum Gasteiger partial charge on any atom is -0.462 e. The van der Waals surface area contributed by atoms with Crippen molar-refractivity contribution in [3.05, 3.63) is 23.3 Å². The zero-order chi connectivity index (χ0) is 19.9. The van der Waals surface area contributed by atoms with E-state index in [1.54, 1.807) is 0 Å². The lowest BCUT2D eigenvalue weighted by molar-refractivity contribution is -0.150. The second-order valence-electron chi connectivity index (χ2n) is 8.82. The Kier molecular flexibility index (Phi) is 5.80. The Morgan fingerprint density at radius 2 is 2.04 bits per heavy atom. The van der Waals surface area contributed by atoms with Gasteiger partial charge in [0.05, 0.1) is 6.10 Å². The maximum absolute atomic E-state index is 12.4. The molecular weight excluding hydrogens is 344 g/mol. The molecule has 3 aliphatic rings. The van der Waals surface area contributed by atoms with Gasteiger partial charge >= 0.3 is 11.9 Å². The van der Waals surface area contributed by atoms with Crippen LogP contribution in [0.5, 0.6) is 0 Å². The fraction of sp³-hybridized carbons (Fsp3) is 0.727. The number of carbonyl (C=O) groups excluding carboxylic acids is 2. The molecule has 0 aromatic rings. The molecule has 0 radical (unpaired) electrons. The average molecular weight is 376 g/mol. The van der Waals surface area contributed by atoms with Gasteiger partial charge in [-0.05, 0) is 61.9 Å². The summed E-state index contributed by atoms with van der Waals surface area (Å²) in [7, 11) is 0. The molecule has 1 saturated carbocycles. The molecule has 27 heavy (non-hydrogen) atoms. The van der Waals surface area contributed by atoms with Crippen LogP contribution in [0.4, 0.5) is 0 Å². The Morgan fingerprint density at radius 3 is 2.67 bits per heavy atom. The highest BCUT2D eigenvalue weighted by atomic mass is 16.5. The fourth-order valence-electron chi connectivity index (χ4n) is 5.07. The predicted molar refractivity (Wildman–Crippen MR) is 102 cm³/mol. The van der Waals surface area contributed by atoms with Crippen LogP contribution in [-0.4, -0.2) is 35.9 Å². The normalized spacial score (nSPS) is 34.6. The zero-order valence-corrected chi connectivity index (χ0v) is 16.9. The molecule has 0 aromatic carbocycles. The van der Waals surface area contributed by atoms with E-state index in [9.17, 15) is 14.7 Å². The smallest absolute Gasteiger partial charge is 0.334 e. The Hall–Kier alpha value is -1.62. The molecule has 0 amide bonds. The van der Waals surface area contributed by atoms with Gasteiger partial charge < -0.3 is 14.6 Å². The quantitative estimate of drug-likeness (QED) is 0.568. The van der Waals surface area contributed by atoms with E-state index in [-0.39, 0.29) is 29.9 Å². The van der Waals surface area contributed by atoms with Gasteiger partial charge in [0.15, 0.2) is 0 Å². The maximum atomic E-state index is 12.4. The van der Waals surface area contributed by atoms with Crippen molar-refractivity contribution in [1.82, 2.24) is 0 Å². The van der Waals surface area contributed by atoms with Crippen molar-refractivity contribution in [3.63, 3.8) is 0 Å². The number of ether oxygens (including phenoxy) is 2. The third kappa shape index (κ3) is 4.13. The molecule has 2 aliphatic carbocycles. The first-order valence-corrected chi connectivity index (χ1v) is 10.1. The number of aliphatic hydroxyl groups is 1. The summed E-state index contributed by atoms with van der Waals surface area (Å²) in [5, 5.41) is 10.1. The summed E-state index contributed by atoms with van der Waals surface area (Å²) in [6.07, 6.45) is 2.43. The van der Waals surface area contributed by atoms with Crippen LogP contribution < -0.4 is 0 Å². The summed E-state index contributed by atoms with van der Waals surface area (Å²) in [4.78, 5) is 24.2. The van der Waals surface area contributed by atoms with Gasteiger partial charge in [-0.3, -0.25) is 4.79 Å². The van der Waals surface area contributed by atoms with Crippen molar-refractivity contribution in [2.75, 3.05) is 6.61 Å². The van der Waals surface area contributed by atoms with Crippen molar-refractivity contribution in [2.45, 2.75) is 65.6 Å². The Morgan fingerprint density at radius 1 is 1.33 bits per heavy atom. The summed E-state index contributed by atoms with van der Waals surface area (Å²) < 4.78 is 11.2. The van der Waals surface area contributed by atoms with E-state index >= 15 is 0 Å². The molecular formula is C22H32O5. The molecule has 1 aliphatic heterocycles. The van der Waals surface area contributed by atoms with Gasteiger partial charge in [-0.1, -0.05) is 26.0 Å². The molecule has 5 nitrogen and oxygen atoms in total. The van der Waals surface area contributed by atoms with Crippen LogP contribution in [0.1, 0.15) is 53.4 Å². The Bertz CT molecular complexity index is 664. The summed E-state index contributed by atoms with van der Waals surface area (Å²) in [5.41, 5.74) is 2.63. The molecule has 0 aromatic heterocycles. The van der Waals surface area contributed by atoms with E-state index in [2.05, 4.69) is 20.4 Å². The summed E-state index contributed by atoms with van der Waals surface area (Å²) in [6, 6.07) is 0. The van der Waals surface area contributed by atoms with E-state index < -0.39 is 6.10 Å². The van der Waals surface area contributed by atoms with Gasteiger partial charge in [-0.25, -0.2) is 4.79 Å². The highest BCUT2D eigenvalue weighted by Gasteiger charge is 2.53. The minimum absolute atomic E-state index is 0.0447. The molecule has 1 N–H and O–H groups in total. The topological polar surface area (TPSA) is 72.8 Å². The summed E-state index contributed by atoms with van der Waals surface area (Å²) >= 11 is 0. The predicted octanol–water partition coefficient (Wildman–Crippen LogP) is 3.42. The molecule has 2 unspecified atom stereocenters. The molecule has 0 spiro atoms. The van der Waals surface area contributed by atoms with E-state index in [0.717, 1.165) is 36.0 Å². The fourth-order valence-corrected chi connectivity index (χ4v) is 5.07. The number of carbonyl (C=O) groups is 2. The second-order valence-corrected chi connectivity index (χ2v) is 8.82. The zero-order valence-electron chi connectivity index (χ0n) is 16.9. The first-order chi connectivity index (χ1) is 12.7. The maximum Gasteiger partial charge on any atom is 0.334 e. The monoisotopic (exact) mass is 376 g/mol. The van der Waals surface area contributed by atoms with Gasteiger partial charge in [-0.15, -0.1) is 0 Å². The van der Waals surface area contributed by atoms with E-state index in [4.69, 9.17) is 9.47 Å². The third-order valence-corrected chi connectivity index (χ3v) is 6.67.